The zero-order valence-corrected chi connectivity index (χ0v) is 26.2. The normalized spacial score (nSPS) is 13.3. The van der Waals surface area contributed by atoms with Crippen LogP contribution in [-0.4, -0.2) is 56.5 Å². The van der Waals surface area contributed by atoms with Crippen molar-refractivity contribution in [2.24, 2.45) is 0 Å². The summed E-state index contributed by atoms with van der Waals surface area (Å²) in [4.78, 5) is 29.7. The van der Waals surface area contributed by atoms with Crippen LogP contribution in [0.25, 0.3) is 22.3 Å². The Balaban J connectivity index is 1.07. The summed E-state index contributed by atoms with van der Waals surface area (Å²) in [6.07, 6.45) is 1.79. The monoisotopic (exact) mass is 622 g/mol. The van der Waals surface area contributed by atoms with Gasteiger partial charge in [-0.2, -0.15) is 0 Å². The standard InChI is InChI=1S/C34H34N6O4S/c1-20(2)39(34(41)42-17-26-24-11-6-4-9-22(24)23-10-5-7-12-25(23)26)13-8-14-40-32-30(31(35)36-18-37-32)38-33(40)45-29-16-28-27(15-21(29)3)43-19-44-28/h4-7,9-12,15-16,18,20,26H,8,13-14,17,19H2,1-3H3,(H2,35,36,37). The van der Waals surface area contributed by atoms with Gasteiger partial charge in [0, 0.05) is 29.9 Å². The van der Waals surface area contributed by atoms with Gasteiger partial charge in [0.1, 0.15) is 12.9 Å². The number of rotatable bonds is 9. The van der Waals surface area contributed by atoms with Gasteiger partial charge in [0.25, 0.3) is 0 Å². The number of imidazole rings is 1. The molecule has 1 amide bonds. The fourth-order valence-corrected chi connectivity index (χ4v) is 7.09. The summed E-state index contributed by atoms with van der Waals surface area (Å²) < 4.78 is 19.2. The molecule has 2 aliphatic rings. The van der Waals surface area contributed by atoms with Crippen LogP contribution in [0.4, 0.5) is 10.6 Å². The van der Waals surface area contributed by atoms with Crippen LogP contribution in [0.1, 0.15) is 42.9 Å². The van der Waals surface area contributed by atoms with Gasteiger partial charge in [-0.25, -0.2) is 19.7 Å². The second-order valence-electron chi connectivity index (χ2n) is 11.5. The van der Waals surface area contributed by atoms with E-state index in [1.165, 1.54) is 40.3 Å². The topological polar surface area (TPSA) is 118 Å². The number of benzene rings is 3. The molecule has 0 radical (unpaired) electrons. The van der Waals surface area contributed by atoms with E-state index in [2.05, 4.69) is 46.4 Å². The Kier molecular flexibility index (Phi) is 7.70. The highest BCUT2D eigenvalue weighted by atomic mass is 32.2. The maximum atomic E-state index is 13.5. The van der Waals surface area contributed by atoms with E-state index < -0.39 is 0 Å². The van der Waals surface area contributed by atoms with Crippen molar-refractivity contribution in [1.29, 1.82) is 0 Å². The number of nitrogens with zero attached hydrogens (tertiary/aromatic N) is 5. The molecule has 45 heavy (non-hydrogen) atoms. The number of aromatic nitrogens is 4. The number of ether oxygens (including phenoxy) is 3. The van der Waals surface area contributed by atoms with Crippen LogP contribution in [-0.2, 0) is 11.3 Å². The number of fused-ring (bicyclic) bond motifs is 5. The predicted molar refractivity (Wildman–Crippen MR) is 173 cm³/mol. The molecule has 2 aromatic heterocycles. The largest absolute Gasteiger partial charge is 0.454 e. The van der Waals surface area contributed by atoms with E-state index in [0.717, 1.165) is 21.4 Å². The molecular weight excluding hydrogens is 588 g/mol. The highest BCUT2D eigenvalue weighted by molar-refractivity contribution is 7.99. The first kappa shape index (κ1) is 29.0. The van der Waals surface area contributed by atoms with Crippen molar-refractivity contribution < 1.29 is 19.0 Å². The van der Waals surface area contributed by atoms with Crippen molar-refractivity contribution in [3.8, 4) is 22.6 Å². The average Bonchev–Trinajstić information content (AvgIpc) is 3.73. The molecule has 3 heterocycles. The number of carbonyl (C=O) groups excluding carboxylic acids is 1. The van der Waals surface area contributed by atoms with Gasteiger partial charge in [0.15, 0.2) is 33.6 Å². The van der Waals surface area contributed by atoms with Crippen molar-refractivity contribution in [2.45, 2.75) is 55.7 Å². The van der Waals surface area contributed by atoms with Crippen LogP contribution < -0.4 is 15.2 Å². The molecule has 1 aliphatic heterocycles. The van der Waals surface area contributed by atoms with Crippen molar-refractivity contribution in [1.82, 2.24) is 24.4 Å². The van der Waals surface area contributed by atoms with Crippen LogP contribution in [0.15, 0.2) is 77.0 Å². The minimum absolute atomic E-state index is 0.0111. The molecular formula is C34H34N6O4S. The van der Waals surface area contributed by atoms with Gasteiger partial charge in [0.05, 0.1) is 0 Å². The Morgan fingerprint density at radius 1 is 1.07 bits per heavy atom. The maximum Gasteiger partial charge on any atom is 0.410 e. The van der Waals surface area contributed by atoms with Crippen molar-refractivity contribution in [2.75, 3.05) is 25.7 Å². The van der Waals surface area contributed by atoms with Gasteiger partial charge in [-0.15, -0.1) is 0 Å². The van der Waals surface area contributed by atoms with Gasteiger partial charge in [0.2, 0.25) is 6.79 Å². The van der Waals surface area contributed by atoms with Crippen LogP contribution >= 0.6 is 11.8 Å². The van der Waals surface area contributed by atoms with Gasteiger partial charge < -0.3 is 29.4 Å². The zero-order chi connectivity index (χ0) is 31.1. The lowest BCUT2D eigenvalue weighted by Crippen LogP contribution is -2.39. The van der Waals surface area contributed by atoms with E-state index in [1.807, 2.05) is 49.6 Å². The van der Waals surface area contributed by atoms with Crippen LogP contribution in [0.5, 0.6) is 11.5 Å². The molecule has 3 aromatic carbocycles. The molecule has 0 spiro atoms. The number of hydrogen-bond donors (Lipinski definition) is 1. The first-order valence-electron chi connectivity index (χ1n) is 15.1. The lowest BCUT2D eigenvalue weighted by atomic mass is 9.98. The molecule has 10 nitrogen and oxygen atoms in total. The van der Waals surface area contributed by atoms with Crippen LogP contribution in [0, 0.1) is 6.92 Å². The quantitative estimate of drug-likeness (QED) is 0.193. The Bertz CT molecular complexity index is 1860. The fourth-order valence-electron chi connectivity index (χ4n) is 6.08. The predicted octanol–water partition coefficient (Wildman–Crippen LogP) is 6.65. The highest BCUT2D eigenvalue weighted by Crippen LogP contribution is 2.45. The number of anilines is 1. The molecule has 0 atom stereocenters. The third-order valence-corrected chi connectivity index (χ3v) is 9.53. The summed E-state index contributed by atoms with van der Waals surface area (Å²) in [5, 5.41) is 0.733. The van der Waals surface area contributed by atoms with E-state index in [-0.39, 0.29) is 31.5 Å². The smallest absolute Gasteiger partial charge is 0.410 e. The molecule has 2 N–H and O–H groups in total. The van der Waals surface area contributed by atoms with E-state index in [9.17, 15) is 4.79 Å². The van der Waals surface area contributed by atoms with E-state index in [1.54, 1.807) is 4.90 Å². The van der Waals surface area contributed by atoms with Gasteiger partial charge >= 0.3 is 6.09 Å². The summed E-state index contributed by atoms with van der Waals surface area (Å²) in [5.41, 5.74) is 13.2. The SMILES string of the molecule is Cc1cc2c(cc1Sc1nc3c(N)ncnc3n1CCCN(C(=O)OCC1c3ccccc3-c3ccccc31)C(C)C)OCO2. The summed E-state index contributed by atoms with van der Waals surface area (Å²) in [6, 6.07) is 20.6. The number of carbonyl (C=O) groups is 1. The molecule has 1 aliphatic carbocycles. The minimum atomic E-state index is -0.320. The molecule has 5 aromatic rings. The van der Waals surface area contributed by atoms with Crippen LogP contribution in [0.3, 0.4) is 0 Å². The van der Waals surface area contributed by atoms with E-state index in [4.69, 9.17) is 24.9 Å². The highest BCUT2D eigenvalue weighted by Gasteiger charge is 2.30. The Labute approximate surface area is 265 Å². The maximum absolute atomic E-state index is 13.5. The average molecular weight is 623 g/mol. The lowest BCUT2D eigenvalue weighted by Gasteiger charge is -2.27. The number of nitrogen functional groups attached to an aromatic ring is 1. The third-order valence-electron chi connectivity index (χ3n) is 8.37. The molecule has 0 saturated heterocycles. The number of aryl methyl sites for hydroxylation is 2. The number of nitrogens with two attached hydrogens (primary N) is 1. The minimum Gasteiger partial charge on any atom is -0.454 e. The Hall–Kier alpha value is -4.77. The summed E-state index contributed by atoms with van der Waals surface area (Å²) in [7, 11) is 0. The molecule has 230 valence electrons. The van der Waals surface area contributed by atoms with Crippen LogP contribution in [0.2, 0.25) is 0 Å². The summed E-state index contributed by atoms with van der Waals surface area (Å²) >= 11 is 1.51. The first-order valence-corrected chi connectivity index (χ1v) is 15.9. The molecule has 0 saturated carbocycles. The lowest BCUT2D eigenvalue weighted by molar-refractivity contribution is 0.0882. The van der Waals surface area contributed by atoms with Gasteiger partial charge in [-0.1, -0.05) is 60.3 Å². The molecule has 7 rings (SSSR count). The number of hydrogen-bond acceptors (Lipinski definition) is 9. The number of amides is 1. The fraction of sp³-hybridized carbons (Fsp3) is 0.294. The van der Waals surface area contributed by atoms with Crippen molar-refractivity contribution in [3.63, 3.8) is 0 Å². The molecule has 0 unspecified atom stereocenters. The summed E-state index contributed by atoms with van der Waals surface area (Å²) in [6.45, 7) is 7.61. The first-order chi connectivity index (χ1) is 21.9. The van der Waals surface area contributed by atoms with E-state index >= 15 is 0 Å². The van der Waals surface area contributed by atoms with Crippen molar-refractivity contribution >= 4 is 34.8 Å². The Morgan fingerprint density at radius 3 is 2.47 bits per heavy atom. The second kappa shape index (κ2) is 12.0. The van der Waals surface area contributed by atoms with E-state index in [0.29, 0.717) is 42.2 Å². The molecule has 0 fully saturated rings. The second-order valence-corrected chi connectivity index (χ2v) is 12.5. The van der Waals surface area contributed by atoms with Gasteiger partial charge in [-0.05, 0) is 67.1 Å². The molecule has 11 heteroatoms. The van der Waals surface area contributed by atoms with Gasteiger partial charge in [-0.3, -0.25) is 0 Å². The van der Waals surface area contributed by atoms with Crippen molar-refractivity contribution in [3.05, 3.63) is 83.7 Å². The zero-order valence-electron chi connectivity index (χ0n) is 25.4. The third kappa shape index (κ3) is 5.41. The Morgan fingerprint density at radius 2 is 1.76 bits per heavy atom. The molecule has 0 bridgehead atoms. The summed E-state index contributed by atoms with van der Waals surface area (Å²) in [5.74, 6) is 1.78.